The number of nitro groups is 1. The standard InChI is InChI=1S/C25H24FN5O3/c26-21-6-2-1-5-17(21)15-28-25(32)20-14-18-13-19(31(33)34)8-9-22(18)30-12-11-29(16-23(20)30)24-7-3-4-10-27-24/h1-10,13,20,23H,11-12,14-16H2,(H,28,32). The minimum absolute atomic E-state index is 0.00911. The summed E-state index contributed by atoms with van der Waals surface area (Å²) < 4.78 is 14.1. The fourth-order valence-electron chi connectivity index (χ4n) is 4.93. The lowest BCUT2D eigenvalue weighted by molar-refractivity contribution is -0.384. The summed E-state index contributed by atoms with van der Waals surface area (Å²) in [4.78, 5) is 33.1. The molecule has 2 aliphatic heterocycles. The third kappa shape index (κ3) is 4.16. The maximum Gasteiger partial charge on any atom is 0.269 e. The lowest BCUT2D eigenvalue weighted by atomic mass is 9.83. The molecule has 0 radical (unpaired) electrons. The average Bonchev–Trinajstić information content (AvgIpc) is 2.87. The van der Waals surface area contributed by atoms with E-state index in [9.17, 15) is 19.3 Å². The summed E-state index contributed by atoms with van der Waals surface area (Å²) in [5.41, 5.74) is 2.13. The van der Waals surface area contributed by atoms with E-state index >= 15 is 0 Å². The van der Waals surface area contributed by atoms with Gasteiger partial charge in [-0.15, -0.1) is 0 Å². The van der Waals surface area contributed by atoms with Crippen LogP contribution in [0.4, 0.5) is 21.6 Å². The number of hydrogen-bond acceptors (Lipinski definition) is 6. The highest BCUT2D eigenvalue weighted by atomic mass is 19.1. The van der Waals surface area contributed by atoms with Gasteiger partial charge in [0.15, 0.2) is 0 Å². The van der Waals surface area contributed by atoms with Gasteiger partial charge in [-0.3, -0.25) is 14.9 Å². The average molecular weight is 461 g/mol. The first-order valence-corrected chi connectivity index (χ1v) is 11.2. The Morgan fingerprint density at radius 3 is 2.74 bits per heavy atom. The molecular weight excluding hydrogens is 437 g/mol. The van der Waals surface area contributed by atoms with Crippen molar-refractivity contribution in [2.75, 3.05) is 29.4 Å². The van der Waals surface area contributed by atoms with Crippen LogP contribution in [0.2, 0.25) is 0 Å². The fraction of sp³-hybridized carbons (Fsp3) is 0.280. The first-order chi connectivity index (χ1) is 16.5. The van der Waals surface area contributed by atoms with Gasteiger partial charge in [-0.1, -0.05) is 24.3 Å². The van der Waals surface area contributed by atoms with E-state index in [2.05, 4.69) is 20.1 Å². The number of aromatic nitrogens is 1. The summed E-state index contributed by atoms with van der Waals surface area (Å²) in [6, 6.07) is 16.8. The van der Waals surface area contributed by atoms with Crippen LogP contribution < -0.4 is 15.1 Å². The minimum Gasteiger partial charge on any atom is -0.364 e. The molecule has 0 bridgehead atoms. The maximum absolute atomic E-state index is 14.1. The van der Waals surface area contributed by atoms with Crippen molar-refractivity contribution in [2.24, 2.45) is 5.92 Å². The summed E-state index contributed by atoms with van der Waals surface area (Å²) in [5.74, 6) is -0.165. The van der Waals surface area contributed by atoms with Gasteiger partial charge in [-0.25, -0.2) is 9.37 Å². The minimum atomic E-state index is -0.451. The molecule has 0 aliphatic carbocycles. The Labute approximate surface area is 196 Å². The van der Waals surface area contributed by atoms with E-state index in [1.807, 2.05) is 18.2 Å². The normalized spacial score (nSPS) is 19.2. The highest BCUT2D eigenvalue weighted by Crippen LogP contribution is 2.38. The number of nitrogens with one attached hydrogen (secondary N) is 1. The zero-order chi connectivity index (χ0) is 23.7. The van der Waals surface area contributed by atoms with E-state index in [0.29, 0.717) is 31.6 Å². The number of pyridine rings is 1. The van der Waals surface area contributed by atoms with Crippen molar-refractivity contribution in [1.29, 1.82) is 0 Å². The van der Waals surface area contributed by atoms with Crippen LogP contribution in [0.1, 0.15) is 11.1 Å². The van der Waals surface area contributed by atoms with Crippen LogP contribution in [-0.2, 0) is 17.8 Å². The van der Waals surface area contributed by atoms with Gasteiger partial charge in [-0.2, -0.15) is 0 Å². The number of fused-ring (bicyclic) bond motifs is 3. The molecule has 2 aromatic carbocycles. The monoisotopic (exact) mass is 461 g/mol. The second-order valence-electron chi connectivity index (χ2n) is 8.58. The number of hydrogen-bond donors (Lipinski definition) is 1. The Morgan fingerprint density at radius 1 is 1.15 bits per heavy atom. The number of nitro benzene ring substituents is 1. The lowest BCUT2D eigenvalue weighted by Gasteiger charge is -2.49. The number of halogens is 1. The van der Waals surface area contributed by atoms with Gasteiger partial charge in [0.05, 0.1) is 16.9 Å². The summed E-state index contributed by atoms with van der Waals surface area (Å²) in [6.45, 7) is 2.04. The lowest BCUT2D eigenvalue weighted by Crippen LogP contribution is -2.61. The smallest absolute Gasteiger partial charge is 0.269 e. The van der Waals surface area contributed by atoms with Crippen LogP contribution >= 0.6 is 0 Å². The molecule has 174 valence electrons. The number of nitrogens with zero attached hydrogens (tertiary/aromatic N) is 4. The van der Waals surface area contributed by atoms with Crippen LogP contribution in [0.15, 0.2) is 66.9 Å². The van der Waals surface area contributed by atoms with Crippen molar-refractivity contribution in [3.63, 3.8) is 0 Å². The molecule has 0 spiro atoms. The molecule has 1 fully saturated rings. The van der Waals surface area contributed by atoms with Crippen LogP contribution in [0.25, 0.3) is 0 Å². The third-order valence-corrected chi connectivity index (χ3v) is 6.63. The molecule has 9 heteroatoms. The quantitative estimate of drug-likeness (QED) is 0.463. The molecule has 1 amide bonds. The summed E-state index contributed by atoms with van der Waals surface area (Å²) in [5, 5.41) is 14.2. The van der Waals surface area contributed by atoms with Gasteiger partial charge in [-0.05, 0) is 36.2 Å². The van der Waals surface area contributed by atoms with Crippen LogP contribution in [0, 0.1) is 21.8 Å². The van der Waals surface area contributed by atoms with Crippen molar-refractivity contribution in [2.45, 2.75) is 19.0 Å². The topological polar surface area (TPSA) is 91.6 Å². The number of anilines is 2. The van der Waals surface area contributed by atoms with E-state index in [1.54, 1.807) is 36.5 Å². The highest BCUT2D eigenvalue weighted by Gasteiger charge is 2.42. The molecule has 2 atom stereocenters. The number of benzene rings is 2. The largest absolute Gasteiger partial charge is 0.364 e. The molecule has 8 nitrogen and oxygen atoms in total. The van der Waals surface area contributed by atoms with Gasteiger partial charge in [0.2, 0.25) is 5.91 Å². The molecule has 0 saturated carbocycles. The fourth-order valence-corrected chi connectivity index (χ4v) is 4.93. The van der Waals surface area contributed by atoms with Crippen molar-refractivity contribution in [1.82, 2.24) is 10.3 Å². The maximum atomic E-state index is 14.1. The van der Waals surface area contributed by atoms with Gasteiger partial charge in [0, 0.05) is 55.8 Å². The molecule has 5 rings (SSSR count). The van der Waals surface area contributed by atoms with E-state index in [0.717, 1.165) is 17.1 Å². The Kier molecular flexibility index (Phi) is 5.83. The highest BCUT2D eigenvalue weighted by molar-refractivity contribution is 5.82. The first-order valence-electron chi connectivity index (χ1n) is 11.2. The van der Waals surface area contributed by atoms with Crippen molar-refractivity contribution in [3.05, 3.63) is 93.9 Å². The molecule has 2 aliphatic rings. The molecule has 3 aromatic rings. The number of piperazine rings is 1. The zero-order valence-corrected chi connectivity index (χ0v) is 18.4. The van der Waals surface area contributed by atoms with Crippen molar-refractivity contribution < 1.29 is 14.1 Å². The second kappa shape index (κ2) is 9.09. The zero-order valence-electron chi connectivity index (χ0n) is 18.4. The Morgan fingerprint density at radius 2 is 1.97 bits per heavy atom. The summed E-state index contributed by atoms with van der Waals surface area (Å²) in [6.07, 6.45) is 2.12. The Balaban J connectivity index is 1.44. The molecule has 2 unspecified atom stereocenters. The van der Waals surface area contributed by atoms with Crippen LogP contribution in [-0.4, -0.2) is 41.5 Å². The number of carbonyl (C=O) groups is 1. The van der Waals surface area contributed by atoms with Crippen molar-refractivity contribution in [3.8, 4) is 0 Å². The Hall–Kier alpha value is -4.01. The third-order valence-electron chi connectivity index (χ3n) is 6.63. The van der Waals surface area contributed by atoms with Gasteiger partial charge in [0.1, 0.15) is 11.6 Å². The first kappa shape index (κ1) is 21.8. The molecular formula is C25H24FN5O3. The van der Waals surface area contributed by atoms with Gasteiger partial charge < -0.3 is 15.1 Å². The second-order valence-corrected chi connectivity index (χ2v) is 8.58. The molecule has 3 heterocycles. The van der Waals surface area contributed by atoms with E-state index < -0.39 is 10.8 Å². The summed E-state index contributed by atoms with van der Waals surface area (Å²) >= 11 is 0. The van der Waals surface area contributed by atoms with Crippen LogP contribution in [0.3, 0.4) is 0 Å². The SMILES string of the molecule is O=C(NCc1ccccc1F)C1Cc2cc([N+](=O)[O-])ccc2N2CCN(c3ccccn3)CC12. The summed E-state index contributed by atoms with van der Waals surface area (Å²) in [7, 11) is 0. The van der Waals surface area contributed by atoms with Crippen molar-refractivity contribution >= 4 is 23.1 Å². The number of amides is 1. The number of carbonyl (C=O) groups excluding carboxylic acids is 1. The van der Waals surface area contributed by atoms with Gasteiger partial charge >= 0.3 is 0 Å². The molecule has 1 saturated heterocycles. The van der Waals surface area contributed by atoms with Gasteiger partial charge in [0.25, 0.3) is 5.69 Å². The predicted octanol–water partition coefficient (Wildman–Crippen LogP) is 3.31. The number of non-ortho nitro benzene ring substituents is 1. The predicted molar refractivity (Wildman–Crippen MR) is 126 cm³/mol. The van der Waals surface area contributed by atoms with Crippen LogP contribution in [0.5, 0.6) is 0 Å². The van der Waals surface area contributed by atoms with E-state index in [-0.39, 0.29) is 30.0 Å². The molecule has 1 aromatic heterocycles. The molecule has 1 N–H and O–H groups in total. The van der Waals surface area contributed by atoms with E-state index in [1.165, 1.54) is 12.1 Å². The Bertz CT molecular complexity index is 1220. The number of rotatable bonds is 5. The van der Waals surface area contributed by atoms with E-state index in [4.69, 9.17) is 0 Å². The molecule has 34 heavy (non-hydrogen) atoms.